The van der Waals surface area contributed by atoms with Gasteiger partial charge in [-0.3, -0.25) is 5.41 Å². The maximum atomic E-state index is 13.7. The Morgan fingerprint density at radius 1 is 1.47 bits per heavy atom. The Morgan fingerprint density at radius 2 is 2.05 bits per heavy atom. The summed E-state index contributed by atoms with van der Waals surface area (Å²) in [5, 5.41) is 37.1. The van der Waals surface area contributed by atoms with Crippen molar-refractivity contribution in [3.8, 4) is 0 Å². The van der Waals surface area contributed by atoms with E-state index in [4.69, 9.17) is 21.0 Å². The second kappa shape index (κ2) is 6.42. The molecule has 1 aliphatic rings. The quantitative estimate of drug-likeness (QED) is 0.267. The Hall–Kier alpha value is -1.03. The minimum atomic E-state index is -2.32. The second-order valence-corrected chi connectivity index (χ2v) is 4.58. The molecule has 1 saturated heterocycles. The van der Waals surface area contributed by atoms with Crippen LogP contribution in [0.5, 0.6) is 0 Å². The summed E-state index contributed by atoms with van der Waals surface area (Å²) in [4.78, 5) is 0. The molecule has 1 aliphatic heterocycles. The van der Waals surface area contributed by atoms with Crippen molar-refractivity contribution in [1.82, 2.24) is 5.32 Å². The fraction of sp³-hybridized carbons (Fsp3) is 0.900. The van der Waals surface area contributed by atoms with Crippen LogP contribution in [0, 0.1) is 11.3 Å². The van der Waals surface area contributed by atoms with Crippen molar-refractivity contribution in [3.63, 3.8) is 0 Å². The Kier molecular flexibility index (Phi) is 5.41. The molecule has 112 valence electrons. The van der Waals surface area contributed by atoms with E-state index in [0.29, 0.717) is 0 Å². The number of rotatable bonds is 4. The number of aliphatic hydroxyl groups excluding tert-OH is 3. The van der Waals surface area contributed by atoms with Crippen LogP contribution in [0.4, 0.5) is 8.78 Å². The van der Waals surface area contributed by atoms with Crippen LogP contribution < -0.4 is 11.1 Å². The van der Waals surface area contributed by atoms with Gasteiger partial charge in [-0.2, -0.15) is 0 Å². The van der Waals surface area contributed by atoms with Gasteiger partial charge in [-0.05, 0) is 0 Å². The standard InChI is InChI=1S/C10H19F2N3O4/c1-3-6(15-10(13)14)5(11)9(12)19-8(3)7(18)4(17)2-16/h3-9,16-18H,2H2,1H3,(H4,13,14,15)/t3?,4-,5?,6?,7-,8?,9?/m1/s1. The van der Waals surface area contributed by atoms with E-state index in [2.05, 4.69) is 5.32 Å². The van der Waals surface area contributed by atoms with Crippen molar-refractivity contribution in [2.75, 3.05) is 6.61 Å². The van der Waals surface area contributed by atoms with Gasteiger partial charge in [-0.25, -0.2) is 8.78 Å². The highest BCUT2D eigenvalue weighted by atomic mass is 19.2. The molecule has 1 heterocycles. The van der Waals surface area contributed by atoms with E-state index in [-0.39, 0.29) is 0 Å². The lowest BCUT2D eigenvalue weighted by molar-refractivity contribution is -0.226. The first-order chi connectivity index (χ1) is 8.79. The number of guanidine groups is 1. The minimum Gasteiger partial charge on any atom is -0.394 e. The molecule has 0 radical (unpaired) electrons. The topological polar surface area (TPSA) is 132 Å². The van der Waals surface area contributed by atoms with Gasteiger partial charge in [0.05, 0.1) is 18.8 Å². The van der Waals surface area contributed by atoms with E-state index in [9.17, 15) is 19.0 Å². The molecule has 0 aromatic heterocycles. The van der Waals surface area contributed by atoms with Gasteiger partial charge in [0.15, 0.2) is 12.1 Å². The largest absolute Gasteiger partial charge is 0.394 e. The predicted molar refractivity (Wildman–Crippen MR) is 61.8 cm³/mol. The highest BCUT2D eigenvalue weighted by Gasteiger charge is 2.48. The number of nitrogens with one attached hydrogen (secondary N) is 2. The third-order valence-corrected chi connectivity index (χ3v) is 3.21. The second-order valence-electron chi connectivity index (χ2n) is 4.58. The zero-order chi connectivity index (χ0) is 14.7. The average molecular weight is 283 g/mol. The van der Waals surface area contributed by atoms with Crippen LogP contribution in [0.25, 0.3) is 0 Å². The summed E-state index contributed by atoms with van der Waals surface area (Å²) < 4.78 is 31.8. The van der Waals surface area contributed by atoms with Gasteiger partial charge in [0.2, 0.25) is 6.36 Å². The number of ether oxygens (including phenoxy) is 1. The number of alkyl halides is 2. The summed E-state index contributed by atoms with van der Waals surface area (Å²) in [6.45, 7) is 0.714. The number of hydrogen-bond donors (Lipinski definition) is 6. The average Bonchev–Trinajstić information content (AvgIpc) is 2.36. The molecule has 0 spiro atoms. The summed E-state index contributed by atoms with van der Waals surface area (Å²) in [7, 11) is 0. The van der Waals surface area contributed by atoms with Crippen LogP contribution in [-0.4, -0.2) is 64.8 Å². The molecule has 5 unspecified atom stereocenters. The van der Waals surface area contributed by atoms with Crippen molar-refractivity contribution in [1.29, 1.82) is 5.41 Å². The van der Waals surface area contributed by atoms with Gasteiger partial charge in [0.25, 0.3) is 0 Å². The molecule has 7 atom stereocenters. The lowest BCUT2D eigenvalue weighted by Crippen LogP contribution is -2.62. The molecular formula is C10H19F2N3O4. The maximum absolute atomic E-state index is 13.7. The molecule has 0 aromatic carbocycles. The molecular weight excluding hydrogens is 264 g/mol. The number of nitrogens with two attached hydrogens (primary N) is 1. The van der Waals surface area contributed by atoms with Crippen molar-refractivity contribution in [3.05, 3.63) is 0 Å². The van der Waals surface area contributed by atoms with Crippen LogP contribution in [0.2, 0.25) is 0 Å². The summed E-state index contributed by atoms with van der Waals surface area (Å²) in [6.07, 6.45) is -8.73. The number of hydrogen-bond acceptors (Lipinski definition) is 5. The van der Waals surface area contributed by atoms with Crippen LogP contribution in [0.15, 0.2) is 0 Å². The van der Waals surface area contributed by atoms with Crippen molar-refractivity contribution in [2.24, 2.45) is 11.7 Å². The molecule has 19 heavy (non-hydrogen) atoms. The predicted octanol–water partition coefficient (Wildman–Crippen LogP) is -1.78. The Morgan fingerprint density at radius 3 is 2.53 bits per heavy atom. The maximum Gasteiger partial charge on any atom is 0.232 e. The zero-order valence-electron chi connectivity index (χ0n) is 10.3. The lowest BCUT2D eigenvalue weighted by atomic mass is 9.85. The Balaban J connectivity index is 2.86. The zero-order valence-corrected chi connectivity index (χ0v) is 10.3. The van der Waals surface area contributed by atoms with E-state index in [1.807, 2.05) is 0 Å². The van der Waals surface area contributed by atoms with Gasteiger partial charge < -0.3 is 31.1 Å². The third-order valence-electron chi connectivity index (χ3n) is 3.21. The fourth-order valence-corrected chi connectivity index (χ4v) is 2.12. The summed E-state index contributed by atoms with van der Waals surface area (Å²) in [6, 6.07) is -1.17. The molecule has 1 fully saturated rings. The SMILES string of the molecule is CC1C(NC(=N)N)C(F)C(F)OC1[C@H](O)[C@H](O)CO. The van der Waals surface area contributed by atoms with E-state index < -0.39 is 55.4 Å². The van der Waals surface area contributed by atoms with Crippen LogP contribution >= 0.6 is 0 Å². The molecule has 0 saturated carbocycles. The smallest absolute Gasteiger partial charge is 0.232 e. The third kappa shape index (κ3) is 3.50. The van der Waals surface area contributed by atoms with E-state index in [1.165, 1.54) is 6.92 Å². The summed E-state index contributed by atoms with van der Waals surface area (Å²) in [5.74, 6) is -1.31. The minimum absolute atomic E-state index is 0.537. The molecule has 0 amide bonds. The van der Waals surface area contributed by atoms with Crippen LogP contribution in [0.1, 0.15) is 6.92 Å². The van der Waals surface area contributed by atoms with Gasteiger partial charge in [0, 0.05) is 5.92 Å². The van der Waals surface area contributed by atoms with Gasteiger partial charge >= 0.3 is 0 Å². The van der Waals surface area contributed by atoms with Crippen molar-refractivity contribution < 1.29 is 28.8 Å². The normalized spacial score (nSPS) is 38.5. The van der Waals surface area contributed by atoms with Crippen molar-refractivity contribution >= 4 is 5.96 Å². The van der Waals surface area contributed by atoms with E-state index >= 15 is 0 Å². The van der Waals surface area contributed by atoms with Crippen molar-refractivity contribution in [2.45, 2.75) is 43.8 Å². The molecule has 7 N–H and O–H groups in total. The van der Waals surface area contributed by atoms with Gasteiger partial charge in [0.1, 0.15) is 12.2 Å². The molecule has 0 aliphatic carbocycles. The van der Waals surface area contributed by atoms with Crippen LogP contribution in [0.3, 0.4) is 0 Å². The lowest BCUT2D eigenvalue weighted by Gasteiger charge is -2.42. The summed E-state index contributed by atoms with van der Waals surface area (Å²) >= 11 is 0. The Bertz CT molecular complexity index is 323. The highest BCUT2D eigenvalue weighted by molar-refractivity contribution is 5.74. The highest BCUT2D eigenvalue weighted by Crippen LogP contribution is 2.31. The molecule has 7 nitrogen and oxygen atoms in total. The molecule has 0 aromatic rings. The molecule has 0 bridgehead atoms. The van der Waals surface area contributed by atoms with Gasteiger partial charge in [-0.15, -0.1) is 0 Å². The first-order valence-electron chi connectivity index (χ1n) is 5.80. The monoisotopic (exact) mass is 283 g/mol. The summed E-state index contributed by atoms with van der Waals surface area (Å²) in [5.41, 5.74) is 5.09. The van der Waals surface area contributed by atoms with E-state index in [1.54, 1.807) is 0 Å². The van der Waals surface area contributed by atoms with Gasteiger partial charge in [-0.1, -0.05) is 6.92 Å². The molecule has 1 rings (SSSR count). The number of halogens is 2. The Labute approximate surface area is 108 Å². The first-order valence-corrected chi connectivity index (χ1v) is 5.80. The van der Waals surface area contributed by atoms with E-state index in [0.717, 1.165) is 0 Å². The fourth-order valence-electron chi connectivity index (χ4n) is 2.12. The molecule has 9 heteroatoms. The first kappa shape index (κ1) is 16.0. The van der Waals surface area contributed by atoms with Crippen LogP contribution in [-0.2, 0) is 4.74 Å². The number of aliphatic hydroxyl groups is 3.